The molecule has 0 radical (unpaired) electrons. The number of nitrogens with two attached hydrogens (primary N) is 1. The molecule has 0 aliphatic carbocycles. The monoisotopic (exact) mass is 401 g/mol. The van der Waals surface area contributed by atoms with Crippen LogP contribution in [0.1, 0.15) is 11.3 Å². The topological polar surface area (TPSA) is 62.3 Å². The van der Waals surface area contributed by atoms with E-state index in [9.17, 15) is 0 Å². The van der Waals surface area contributed by atoms with Crippen molar-refractivity contribution in [1.29, 1.82) is 0 Å². The molecule has 0 bridgehead atoms. The van der Waals surface area contributed by atoms with Gasteiger partial charge >= 0.3 is 0 Å². The molecule has 0 spiro atoms. The molecule has 0 saturated carbocycles. The molecule has 1 aliphatic rings. The Hall–Kier alpha value is -1.21. The number of nitrogens with zero attached hydrogens (tertiary/aromatic N) is 2. The van der Waals surface area contributed by atoms with Crippen LogP contribution in [0.5, 0.6) is 11.5 Å². The van der Waals surface area contributed by atoms with E-state index in [2.05, 4.69) is 37.0 Å². The third-order valence-electron chi connectivity index (χ3n) is 3.08. The summed E-state index contributed by atoms with van der Waals surface area (Å²) in [6.45, 7) is 3.63. The van der Waals surface area contributed by atoms with Gasteiger partial charge < -0.3 is 15.2 Å². The predicted molar refractivity (Wildman–Crippen MR) is 83.3 cm³/mol. The van der Waals surface area contributed by atoms with Crippen LogP contribution in [0.15, 0.2) is 21.1 Å². The normalized spacial score (nSPS) is 13.6. The Kier molecular flexibility index (Phi) is 3.64. The van der Waals surface area contributed by atoms with E-state index in [1.807, 2.05) is 19.1 Å². The van der Waals surface area contributed by atoms with Crippen molar-refractivity contribution in [3.05, 3.63) is 32.3 Å². The summed E-state index contributed by atoms with van der Waals surface area (Å²) in [6.07, 6.45) is 0. The lowest BCUT2D eigenvalue weighted by atomic mass is 10.2. The molecule has 5 nitrogen and oxygen atoms in total. The quantitative estimate of drug-likeness (QED) is 0.838. The second-order valence-corrected chi connectivity index (χ2v) is 6.19. The largest absolute Gasteiger partial charge is 0.486 e. The molecule has 2 heterocycles. The van der Waals surface area contributed by atoms with Gasteiger partial charge in [0, 0.05) is 0 Å². The van der Waals surface area contributed by atoms with Gasteiger partial charge in [-0.3, -0.25) is 0 Å². The minimum Gasteiger partial charge on any atom is -0.486 e. The van der Waals surface area contributed by atoms with Crippen molar-refractivity contribution in [3.63, 3.8) is 0 Å². The number of hydrogen-bond donors (Lipinski definition) is 1. The highest BCUT2D eigenvalue weighted by atomic mass is 79.9. The van der Waals surface area contributed by atoms with Crippen molar-refractivity contribution in [2.45, 2.75) is 13.5 Å². The standard InChI is InChI=1S/C13H13Br2N3O2/c1-7-11(15)13(16)18(17-7)6-8-4-9(14)12-10(5-8)19-2-3-20-12/h4-5H,2-3,6,16H2,1H3. The molecule has 1 aromatic heterocycles. The molecule has 106 valence electrons. The summed E-state index contributed by atoms with van der Waals surface area (Å²) in [5.74, 6) is 2.13. The third-order valence-corrected chi connectivity index (χ3v) is 4.65. The van der Waals surface area contributed by atoms with Crippen LogP contribution in [-0.2, 0) is 6.54 Å². The van der Waals surface area contributed by atoms with Gasteiger partial charge in [-0.1, -0.05) is 0 Å². The zero-order valence-corrected chi connectivity index (χ0v) is 14.0. The number of fused-ring (bicyclic) bond motifs is 1. The average molecular weight is 403 g/mol. The van der Waals surface area contributed by atoms with E-state index in [4.69, 9.17) is 15.2 Å². The first-order valence-electron chi connectivity index (χ1n) is 6.12. The van der Waals surface area contributed by atoms with Crippen LogP contribution in [-0.4, -0.2) is 23.0 Å². The minimum atomic E-state index is 0.567. The molecule has 20 heavy (non-hydrogen) atoms. The lowest BCUT2D eigenvalue weighted by molar-refractivity contribution is 0.170. The summed E-state index contributed by atoms with van der Waals surface area (Å²) in [7, 11) is 0. The number of aromatic nitrogens is 2. The van der Waals surface area contributed by atoms with Gasteiger partial charge in [0.15, 0.2) is 11.5 Å². The lowest BCUT2D eigenvalue weighted by Crippen LogP contribution is -2.16. The summed E-state index contributed by atoms with van der Waals surface area (Å²) >= 11 is 6.93. The van der Waals surface area contributed by atoms with Gasteiger partial charge in [0.05, 0.1) is 21.2 Å². The van der Waals surface area contributed by atoms with Gasteiger partial charge in [0.1, 0.15) is 19.0 Å². The van der Waals surface area contributed by atoms with Crippen molar-refractivity contribution >= 4 is 37.7 Å². The lowest BCUT2D eigenvalue weighted by Gasteiger charge is -2.20. The molecule has 1 aromatic carbocycles. The van der Waals surface area contributed by atoms with Gasteiger partial charge in [-0.2, -0.15) is 5.10 Å². The predicted octanol–water partition coefficient (Wildman–Crippen LogP) is 3.12. The first kappa shape index (κ1) is 13.8. The van der Waals surface area contributed by atoms with Gasteiger partial charge in [0.25, 0.3) is 0 Å². The smallest absolute Gasteiger partial charge is 0.175 e. The second-order valence-electron chi connectivity index (χ2n) is 4.54. The molecular formula is C13H13Br2N3O2. The first-order valence-corrected chi connectivity index (χ1v) is 7.71. The second kappa shape index (κ2) is 5.29. The number of aryl methyl sites for hydroxylation is 1. The fourth-order valence-corrected chi connectivity index (χ4v) is 3.01. The van der Waals surface area contributed by atoms with Gasteiger partial charge in [-0.25, -0.2) is 4.68 Å². The fraction of sp³-hybridized carbons (Fsp3) is 0.308. The highest BCUT2D eigenvalue weighted by Gasteiger charge is 2.17. The third kappa shape index (κ3) is 2.40. The van der Waals surface area contributed by atoms with Crippen LogP contribution in [0.3, 0.4) is 0 Å². The van der Waals surface area contributed by atoms with Crippen molar-refractivity contribution in [1.82, 2.24) is 9.78 Å². The van der Waals surface area contributed by atoms with Gasteiger partial charge in [0.2, 0.25) is 0 Å². The number of rotatable bonds is 2. The number of anilines is 1. The Bertz CT molecular complexity index is 670. The Morgan fingerprint density at radius 2 is 2.05 bits per heavy atom. The van der Waals surface area contributed by atoms with E-state index >= 15 is 0 Å². The van der Waals surface area contributed by atoms with Gasteiger partial charge in [-0.15, -0.1) is 0 Å². The van der Waals surface area contributed by atoms with E-state index in [0.29, 0.717) is 25.6 Å². The summed E-state index contributed by atoms with van der Waals surface area (Å²) in [6, 6.07) is 3.96. The summed E-state index contributed by atoms with van der Waals surface area (Å²) in [5.41, 5.74) is 7.93. The van der Waals surface area contributed by atoms with Crippen LogP contribution in [0, 0.1) is 6.92 Å². The number of ether oxygens (including phenoxy) is 2. The highest BCUT2D eigenvalue weighted by Crippen LogP contribution is 2.39. The molecule has 2 N–H and O–H groups in total. The average Bonchev–Trinajstić information content (AvgIpc) is 2.66. The maximum absolute atomic E-state index is 6.01. The van der Waals surface area contributed by atoms with Crippen LogP contribution >= 0.6 is 31.9 Å². The molecule has 0 saturated heterocycles. The van der Waals surface area contributed by atoms with E-state index < -0.39 is 0 Å². The molecule has 1 aliphatic heterocycles. The van der Waals surface area contributed by atoms with E-state index in [-0.39, 0.29) is 0 Å². The number of benzene rings is 1. The molecule has 3 rings (SSSR count). The van der Waals surface area contributed by atoms with Crippen molar-refractivity contribution in [2.75, 3.05) is 18.9 Å². The highest BCUT2D eigenvalue weighted by molar-refractivity contribution is 9.11. The maximum atomic E-state index is 6.01. The molecule has 0 amide bonds. The molecule has 0 atom stereocenters. The van der Waals surface area contributed by atoms with E-state index in [1.54, 1.807) is 4.68 Å². The Morgan fingerprint density at radius 1 is 1.30 bits per heavy atom. The molecular weight excluding hydrogens is 390 g/mol. The van der Waals surface area contributed by atoms with Crippen LogP contribution < -0.4 is 15.2 Å². The molecule has 2 aromatic rings. The first-order chi connectivity index (χ1) is 9.56. The summed E-state index contributed by atoms with van der Waals surface area (Å²) in [4.78, 5) is 0. The Labute approximate surface area is 133 Å². The fourth-order valence-electron chi connectivity index (χ4n) is 2.13. The summed E-state index contributed by atoms with van der Waals surface area (Å²) in [5, 5.41) is 4.40. The van der Waals surface area contributed by atoms with Gasteiger partial charge in [-0.05, 0) is 56.5 Å². The number of halogens is 2. The van der Waals surface area contributed by atoms with Crippen molar-refractivity contribution in [2.24, 2.45) is 0 Å². The van der Waals surface area contributed by atoms with Crippen LogP contribution in [0.25, 0.3) is 0 Å². The summed E-state index contributed by atoms with van der Waals surface area (Å²) < 4.78 is 14.7. The number of nitrogen functional groups attached to an aromatic ring is 1. The zero-order valence-electron chi connectivity index (χ0n) is 10.8. The zero-order chi connectivity index (χ0) is 14.3. The molecule has 0 unspecified atom stereocenters. The van der Waals surface area contributed by atoms with E-state index in [0.717, 1.165) is 31.7 Å². The molecule has 7 heteroatoms. The molecule has 0 fully saturated rings. The Balaban J connectivity index is 1.95. The Morgan fingerprint density at radius 3 is 2.75 bits per heavy atom. The van der Waals surface area contributed by atoms with Crippen molar-refractivity contribution < 1.29 is 9.47 Å². The maximum Gasteiger partial charge on any atom is 0.175 e. The van der Waals surface area contributed by atoms with Crippen LogP contribution in [0.2, 0.25) is 0 Å². The van der Waals surface area contributed by atoms with Crippen molar-refractivity contribution in [3.8, 4) is 11.5 Å². The SMILES string of the molecule is Cc1nn(Cc2cc(Br)c3c(c2)OCCO3)c(N)c1Br. The van der Waals surface area contributed by atoms with Crippen LogP contribution in [0.4, 0.5) is 5.82 Å². The minimum absolute atomic E-state index is 0.567. The van der Waals surface area contributed by atoms with E-state index in [1.165, 1.54) is 0 Å². The number of hydrogen-bond acceptors (Lipinski definition) is 4.